The molecule has 2 unspecified atom stereocenters. The summed E-state index contributed by atoms with van der Waals surface area (Å²) in [6, 6.07) is -0.636. The number of carbonyl (C=O) groups excluding carboxylic acids is 1. The quantitative estimate of drug-likeness (QED) is 0.0421. The average molecular weight is 873 g/mol. The molecule has 0 fully saturated rings. The summed E-state index contributed by atoms with van der Waals surface area (Å²) in [6.07, 6.45) is 72.1. The highest BCUT2D eigenvalue weighted by Gasteiger charge is 2.18. The van der Waals surface area contributed by atoms with E-state index in [0.717, 1.165) is 32.1 Å². The lowest BCUT2D eigenvalue weighted by molar-refractivity contribution is -0.123. The lowest BCUT2D eigenvalue weighted by Crippen LogP contribution is -2.45. The lowest BCUT2D eigenvalue weighted by atomic mass is 10.0. The third-order valence-corrected chi connectivity index (χ3v) is 13.4. The van der Waals surface area contributed by atoms with Crippen molar-refractivity contribution in [1.82, 2.24) is 5.32 Å². The van der Waals surface area contributed by atoms with Gasteiger partial charge in [0.1, 0.15) is 0 Å². The van der Waals surface area contributed by atoms with E-state index in [1.165, 1.54) is 270 Å². The molecule has 2 atom stereocenters. The number of aliphatic hydroxyl groups is 2. The summed E-state index contributed by atoms with van der Waals surface area (Å²) in [5, 5.41) is 23.2. The van der Waals surface area contributed by atoms with E-state index < -0.39 is 12.1 Å². The molecule has 0 aliphatic rings. The van der Waals surface area contributed by atoms with Crippen LogP contribution in [0.4, 0.5) is 0 Å². The first kappa shape index (κ1) is 60.9. The molecule has 4 nitrogen and oxygen atoms in total. The van der Waals surface area contributed by atoms with Crippen LogP contribution in [-0.4, -0.2) is 34.9 Å². The molecule has 0 aromatic carbocycles. The fourth-order valence-electron chi connectivity index (χ4n) is 9.08. The summed E-state index contributed by atoms with van der Waals surface area (Å²) < 4.78 is 0. The summed E-state index contributed by atoms with van der Waals surface area (Å²) in [6.45, 7) is 4.34. The molecule has 4 heteroatoms. The molecule has 0 aromatic heterocycles. The number of aliphatic hydroxyl groups excluding tert-OH is 2. The van der Waals surface area contributed by atoms with Crippen LogP contribution in [0.25, 0.3) is 0 Å². The Morgan fingerprint density at radius 3 is 0.935 bits per heavy atom. The van der Waals surface area contributed by atoms with Crippen molar-refractivity contribution in [2.45, 2.75) is 334 Å². The van der Waals surface area contributed by atoms with Gasteiger partial charge in [-0.3, -0.25) is 4.79 Å². The van der Waals surface area contributed by atoms with Crippen molar-refractivity contribution < 1.29 is 15.0 Å². The summed E-state index contributed by atoms with van der Waals surface area (Å²) in [5.41, 5.74) is 0. The molecule has 368 valence electrons. The maximum absolute atomic E-state index is 12.5. The normalized spacial score (nSPS) is 12.9. The molecule has 0 bridgehead atoms. The van der Waals surface area contributed by atoms with E-state index >= 15 is 0 Å². The van der Waals surface area contributed by atoms with Crippen molar-refractivity contribution in [3.63, 3.8) is 0 Å². The molecule has 0 aromatic rings. The number of rotatable bonds is 53. The Kier molecular flexibility index (Phi) is 53.2. The highest BCUT2D eigenvalue weighted by Crippen LogP contribution is 2.18. The first-order valence-corrected chi connectivity index (χ1v) is 28.6. The number of unbranched alkanes of at least 4 members (excludes halogenated alkanes) is 44. The van der Waals surface area contributed by atoms with Gasteiger partial charge in [0.25, 0.3) is 0 Å². The van der Waals surface area contributed by atoms with Crippen LogP contribution >= 0.6 is 0 Å². The Labute approximate surface area is 389 Å². The minimum atomic E-state index is -0.860. The Morgan fingerprint density at radius 2 is 0.629 bits per heavy atom. The smallest absolute Gasteiger partial charge is 0.220 e. The van der Waals surface area contributed by atoms with Gasteiger partial charge in [0.15, 0.2) is 0 Å². The van der Waals surface area contributed by atoms with Gasteiger partial charge in [0.2, 0.25) is 5.91 Å². The summed E-state index contributed by atoms with van der Waals surface area (Å²) in [4.78, 5) is 12.5. The minimum absolute atomic E-state index is 0.0667. The zero-order chi connectivity index (χ0) is 44.9. The van der Waals surface area contributed by atoms with Gasteiger partial charge in [-0.05, 0) is 32.1 Å². The number of allylic oxidation sites excluding steroid dienone is 3. The van der Waals surface area contributed by atoms with Crippen molar-refractivity contribution in [2.24, 2.45) is 0 Å². The zero-order valence-electron chi connectivity index (χ0n) is 42.4. The number of nitrogens with one attached hydrogen (secondary N) is 1. The van der Waals surface area contributed by atoms with Gasteiger partial charge in [-0.15, -0.1) is 0 Å². The fraction of sp³-hybridized carbons (Fsp3) is 0.914. The first-order valence-electron chi connectivity index (χ1n) is 28.6. The topological polar surface area (TPSA) is 69.6 Å². The van der Waals surface area contributed by atoms with Crippen LogP contribution in [0.15, 0.2) is 24.3 Å². The molecule has 0 radical (unpaired) electrons. The first-order chi connectivity index (χ1) is 30.7. The molecule has 0 rings (SSSR count). The van der Waals surface area contributed by atoms with Gasteiger partial charge in [0.05, 0.1) is 18.8 Å². The molecule has 3 N–H and O–H groups in total. The largest absolute Gasteiger partial charge is 0.394 e. The van der Waals surface area contributed by atoms with Crippen LogP contribution in [0, 0.1) is 0 Å². The molecule has 0 aliphatic carbocycles. The van der Waals surface area contributed by atoms with Crippen molar-refractivity contribution in [1.29, 1.82) is 0 Å². The molecule has 0 saturated carbocycles. The Balaban J connectivity index is 3.49. The summed E-state index contributed by atoms with van der Waals surface area (Å²) in [5.74, 6) is -0.0667. The van der Waals surface area contributed by atoms with Gasteiger partial charge in [-0.2, -0.15) is 0 Å². The predicted molar refractivity (Wildman–Crippen MR) is 276 cm³/mol. The third kappa shape index (κ3) is 49.9. The molecule has 1 amide bonds. The number of carbonyl (C=O) groups is 1. The van der Waals surface area contributed by atoms with Gasteiger partial charge >= 0.3 is 0 Å². The maximum atomic E-state index is 12.5. The number of hydrogen-bond donors (Lipinski definition) is 3. The number of amides is 1. The second kappa shape index (κ2) is 54.2. The van der Waals surface area contributed by atoms with Crippen molar-refractivity contribution in [3.8, 4) is 0 Å². The van der Waals surface area contributed by atoms with Crippen molar-refractivity contribution in [2.75, 3.05) is 6.61 Å². The Hall–Kier alpha value is -1.13. The molecular weight excluding hydrogens is 759 g/mol. The van der Waals surface area contributed by atoms with Crippen molar-refractivity contribution >= 4 is 5.91 Å². The van der Waals surface area contributed by atoms with Crippen LogP contribution in [0.5, 0.6) is 0 Å². The second-order valence-corrected chi connectivity index (χ2v) is 19.7. The van der Waals surface area contributed by atoms with Crippen LogP contribution in [0.1, 0.15) is 322 Å². The van der Waals surface area contributed by atoms with E-state index in [-0.39, 0.29) is 12.5 Å². The second-order valence-electron chi connectivity index (χ2n) is 19.7. The van der Waals surface area contributed by atoms with Gasteiger partial charge < -0.3 is 15.5 Å². The van der Waals surface area contributed by atoms with E-state index in [2.05, 4.69) is 31.3 Å². The maximum Gasteiger partial charge on any atom is 0.220 e. The summed E-state index contributed by atoms with van der Waals surface area (Å²) in [7, 11) is 0. The highest BCUT2D eigenvalue weighted by atomic mass is 16.3. The molecule has 0 saturated heterocycles. The van der Waals surface area contributed by atoms with E-state index in [1.807, 2.05) is 6.08 Å². The van der Waals surface area contributed by atoms with Crippen LogP contribution in [0.2, 0.25) is 0 Å². The van der Waals surface area contributed by atoms with E-state index in [1.54, 1.807) is 6.08 Å². The fourth-order valence-corrected chi connectivity index (χ4v) is 9.08. The van der Waals surface area contributed by atoms with Gasteiger partial charge in [-0.1, -0.05) is 308 Å². The van der Waals surface area contributed by atoms with Gasteiger partial charge in [-0.25, -0.2) is 0 Å². The number of hydrogen-bond acceptors (Lipinski definition) is 3. The lowest BCUT2D eigenvalue weighted by Gasteiger charge is -2.19. The van der Waals surface area contributed by atoms with Crippen LogP contribution < -0.4 is 5.32 Å². The Morgan fingerprint density at radius 1 is 0.371 bits per heavy atom. The zero-order valence-corrected chi connectivity index (χ0v) is 42.4. The van der Waals surface area contributed by atoms with Crippen LogP contribution in [-0.2, 0) is 4.79 Å². The monoisotopic (exact) mass is 872 g/mol. The highest BCUT2D eigenvalue weighted by molar-refractivity contribution is 5.76. The molecular formula is C58H113NO3. The average Bonchev–Trinajstić information content (AvgIpc) is 3.28. The van der Waals surface area contributed by atoms with E-state index in [4.69, 9.17) is 0 Å². The predicted octanol–water partition coefficient (Wildman–Crippen LogP) is 18.7. The van der Waals surface area contributed by atoms with E-state index in [0.29, 0.717) is 6.42 Å². The molecule has 0 spiro atoms. The standard InChI is InChI=1S/C58H113NO3/c1-3-5-7-9-11-13-15-17-19-21-23-25-27-28-29-30-31-32-33-35-37-39-41-43-45-47-49-51-53-57(61)56(55-60)59-58(62)54-52-50-48-46-44-42-40-38-36-34-26-24-22-20-18-16-14-12-10-8-6-4-2/h43,45,51,53,56-57,60-61H,3-42,44,46-50,52,54-55H2,1-2H3,(H,59,62)/b45-43+,53-51+. The molecule has 0 aliphatic heterocycles. The molecule has 62 heavy (non-hydrogen) atoms. The summed E-state index contributed by atoms with van der Waals surface area (Å²) >= 11 is 0. The minimum Gasteiger partial charge on any atom is -0.394 e. The van der Waals surface area contributed by atoms with Crippen molar-refractivity contribution in [3.05, 3.63) is 24.3 Å². The third-order valence-electron chi connectivity index (χ3n) is 13.4. The van der Waals surface area contributed by atoms with Crippen LogP contribution in [0.3, 0.4) is 0 Å². The van der Waals surface area contributed by atoms with E-state index in [9.17, 15) is 15.0 Å². The molecule has 0 heterocycles. The van der Waals surface area contributed by atoms with Gasteiger partial charge in [0, 0.05) is 6.42 Å². The SMILES string of the molecule is CCCCCCCCCCCCCCCCCCCCCCCC/C=C/CC/C=C/C(O)C(CO)NC(=O)CCCCCCCCCCCCCCCCCCCCCCCC. The Bertz CT molecular complexity index is 901.